The summed E-state index contributed by atoms with van der Waals surface area (Å²) >= 11 is 12.1. The van der Waals surface area contributed by atoms with E-state index in [9.17, 15) is 0 Å². The minimum Gasteiger partial charge on any atom is -0.384 e. The van der Waals surface area contributed by atoms with E-state index in [0.717, 1.165) is 18.4 Å². The third kappa shape index (κ3) is 2.91. The SMILES string of the molecule is Nc1cc(-c2ccc(Cl)cc2Cl)nc(NC2CC2)n1. The predicted molar refractivity (Wildman–Crippen MR) is 78.5 cm³/mol. The second kappa shape index (κ2) is 4.87. The maximum Gasteiger partial charge on any atom is 0.225 e. The van der Waals surface area contributed by atoms with Crippen LogP contribution in [0.25, 0.3) is 11.3 Å². The number of benzene rings is 1. The van der Waals surface area contributed by atoms with Crippen LogP contribution in [-0.2, 0) is 0 Å². The van der Waals surface area contributed by atoms with Crippen LogP contribution in [0.15, 0.2) is 24.3 Å². The summed E-state index contributed by atoms with van der Waals surface area (Å²) in [6.07, 6.45) is 2.30. The predicted octanol–water partition coefficient (Wildman–Crippen LogP) is 3.61. The van der Waals surface area contributed by atoms with E-state index < -0.39 is 0 Å². The molecule has 1 aliphatic carbocycles. The summed E-state index contributed by atoms with van der Waals surface area (Å²) in [6.45, 7) is 0. The Balaban J connectivity index is 2.00. The Morgan fingerprint density at radius 2 is 1.95 bits per heavy atom. The highest BCUT2D eigenvalue weighted by atomic mass is 35.5. The molecule has 0 saturated heterocycles. The van der Waals surface area contributed by atoms with E-state index in [2.05, 4.69) is 15.3 Å². The number of rotatable bonds is 3. The van der Waals surface area contributed by atoms with Crippen LogP contribution < -0.4 is 11.1 Å². The molecule has 0 spiro atoms. The molecule has 1 saturated carbocycles. The van der Waals surface area contributed by atoms with Gasteiger partial charge in [-0.1, -0.05) is 23.2 Å². The van der Waals surface area contributed by atoms with Gasteiger partial charge in [-0.25, -0.2) is 4.98 Å². The molecule has 1 heterocycles. The lowest BCUT2D eigenvalue weighted by Crippen LogP contribution is -2.07. The Hall–Kier alpha value is -1.52. The topological polar surface area (TPSA) is 63.8 Å². The van der Waals surface area contributed by atoms with Gasteiger partial charge < -0.3 is 11.1 Å². The molecule has 19 heavy (non-hydrogen) atoms. The van der Waals surface area contributed by atoms with Crippen LogP contribution in [0.1, 0.15) is 12.8 Å². The maximum absolute atomic E-state index is 6.18. The number of anilines is 2. The van der Waals surface area contributed by atoms with Crippen LogP contribution in [0.4, 0.5) is 11.8 Å². The van der Waals surface area contributed by atoms with Gasteiger partial charge in [0.1, 0.15) is 5.82 Å². The fraction of sp³-hybridized carbons (Fsp3) is 0.231. The van der Waals surface area contributed by atoms with Gasteiger partial charge in [-0.2, -0.15) is 4.98 Å². The molecule has 0 atom stereocenters. The van der Waals surface area contributed by atoms with E-state index in [1.165, 1.54) is 0 Å². The number of hydrogen-bond acceptors (Lipinski definition) is 4. The molecular formula is C13H12Cl2N4. The van der Waals surface area contributed by atoms with Crippen LogP contribution in [0, 0.1) is 0 Å². The van der Waals surface area contributed by atoms with Crippen LogP contribution in [0.2, 0.25) is 10.0 Å². The summed E-state index contributed by atoms with van der Waals surface area (Å²) in [5.41, 5.74) is 7.30. The third-order valence-electron chi connectivity index (χ3n) is 2.86. The second-order valence-electron chi connectivity index (χ2n) is 4.54. The molecular weight excluding hydrogens is 283 g/mol. The lowest BCUT2D eigenvalue weighted by Gasteiger charge is -2.08. The van der Waals surface area contributed by atoms with E-state index in [4.69, 9.17) is 28.9 Å². The number of nitrogens with zero attached hydrogens (tertiary/aromatic N) is 2. The monoisotopic (exact) mass is 294 g/mol. The molecule has 6 heteroatoms. The first-order chi connectivity index (χ1) is 9.11. The molecule has 98 valence electrons. The maximum atomic E-state index is 6.18. The number of nitrogen functional groups attached to an aromatic ring is 1. The summed E-state index contributed by atoms with van der Waals surface area (Å²) in [6, 6.07) is 7.45. The Bertz CT molecular complexity index is 626. The van der Waals surface area contributed by atoms with Crippen LogP contribution in [0.3, 0.4) is 0 Å². The summed E-state index contributed by atoms with van der Waals surface area (Å²) in [7, 11) is 0. The normalized spacial score (nSPS) is 14.4. The molecule has 0 aliphatic heterocycles. The number of hydrogen-bond donors (Lipinski definition) is 2. The number of aromatic nitrogens is 2. The number of nitrogens with one attached hydrogen (secondary N) is 1. The summed E-state index contributed by atoms with van der Waals surface area (Å²) in [5, 5.41) is 4.36. The van der Waals surface area contributed by atoms with Crippen molar-refractivity contribution >= 4 is 35.0 Å². The van der Waals surface area contributed by atoms with Crippen molar-refractivity contribution in [2.24, 2.45) is 0 Å². The quantitative estimate of drug-likeness (QED) is 0.908. The van der Waals surface area contributed by atoms with Crippen molar-refractivity contribution in [2.45, 2.75) is 18.9 Å². The van der Waals surface area contributed by atoms with E-state index in [1.807, 2.05) is 6.07 Å². The number of nitrogens with two attached hydrogens (primary N) is 1. The zero-order valence-corrected chi connectivity index (χ0v) is 11.5. The van der Waals surface area contributed by atoms with Crippen LogP contribution in [-0.4, -0.2) is 16.0 Å². The largest absolute Gasteiger partial charge is 0.384 e. The molecule has 0 amide bonds. The van der Waals surface area contributed by atoms with Crippen LogP contribution in [0.5, 0.6) is 0 Å². The average Bonchev–Trinajstić information content (AvgIpc) is 3.12. The highest BCUT2D eigenvalue weighted by Gasteiger charge is 2.22. The lowest BCUT2D eigenvalue weighted by atomic mass is 10.1. The summed E-state index contributed by atoms with van der Waals surface area (Å²) in [4.78, 5) is 8.62. The van der Waals surface area contributed by atoms with Crippen molar-refractivity contribution < 1.29 is 0 Å². The molecule has 0 unspecified atom stereocenters. The molecule has 2 aromatic rings. The zero-order chi connectivity index (χ0) is 13.4. The van der Waals surface area contributed by atoms with Gasteiger partial charge >= 0.3 is 0 Å². The fourth-order valence-electron chi connectivity index (χ4n) is 1.78. The minimum atomic E-state index is 0.416. The van der Waals surface area contributed by atoms with Crippen molar-refractivity contribution in [3.05, 3.63) is 34.3 Å². The van der Waals surface area contributed by atoms with Gasteiger partial charge in [0, 0.05) is 22.7 Å². The Labute approximate surface area is 121 Å². The fourth-order valence-corrected chi connectivity index (χ4v) is 2.28. The second-order valence-corrected chi connectivity index (χ2v) is 5.39. The molecule has 1 aromatic carbocycles. The molecule has 1 aromatic heterocycles. The molecule has 1 fully saturated rings. The number of halogens is 2. The zero-order valence-electron chi connectivity index (χ0n) is 10.0. The van der Waals surface area contributed by atoms with Crippen LogP contribution >= 0.6 is 23.2 Å². The molecule has 3 rings (SSSR count). The smallest absolute Gasteiger partial charge is 0.225 e. The molecule has 3 N–H and O–H groups in total. The van der Waals surface area contributed by atoms with Gasteiger partial charge in [-0.15, -0.1) is 0 Å². The van der Waals surface area contributed by atoms with Gasteiger partial charge in [0.05, 0.1) is 10.7 Å². The molecule has 1 aliphatic rings. The molecule has 4 nitrogen and oxygen atoms in total. The van der Waals surface area contributed by atoms with Crippen molar-refractivity contribution in [3.63, 3.8) is 0 Å². The van der Waals surface area contributed by atoms with Crippen molar-refractivity contribution in [1.82, 2.24) is 9.97 Å². The minimum absolute atomic E-state index is 0.416. The summed E-state index contributed by atoms with van der Waals surface area (Å²) < 4.78 is 0. The van der Waals surface area contributed by atoms with Gasteiger partial charge in [-0.3, -0.25) is 0 Å². The van der Waals surface area contributed by atoms with E-state index in [1.54, 1.807) is 18.2 Å². The Morgan fingerprint density at radius 3 is 2.63 bits per heavy atom. The van der Waals surface area contributed by atoms with Gasteiger partial charge in [-0.05, 0) is 31.0 Å². The van der Waals surface area contributed by atoms with Gasteiger partial charge in [0.15, 0.2) is 0 Å². The van der Waals surface area contributed by atoms with Gasteiger partial charge in [0.25, 0.3) is 0 Å². The Morgan fingerprint density at radius 1 is 1.16 bits per heavy atom. The van der Waals surface area contributed by atoms with Crippen molar-refractivity contribution in [3.8, 4) is 11.3 Å². The lowest BCUT2D eigenvalue weighted by molar-refractivity contribution is 1.06. The first kappa shape index (κ1) is 12.5. The molecule has 0 radical (unpaired) electrons. The molecule has 0 bridgehead atoms. The highest BCUT2D eigenvalue weighted by molar-refractivity contribution is 6.36. The van der Waals surface area contributed by atoms with Crippen molar-refractivity contribution in [1.29, 1.82) is 0 Å². The van der Waals surface area contributed by atoms with E-state index in [0.29, 0.717) is 33.5 Å². The standard InChI is InChI=1S/C13H12Cl2N4/c14-7-1-4-9(10(15)5-7)11-6-12(16)19-13(18-11)17-8-2-3-8/h1,4-6,8H,2-3H2,(H3,16,17,18,19). The van der Waals surface area contributed by atoms with Crippen molar-refractivity contribution in [2.75, 3.05) is 11.1 Å². The summed E-state index contributed by atoms with van der Waals surface area (Å²) in [5.74, 6) is 0.961. The van der Waals surface area contributed by atoms with E-state index in [-0.39, 0.29) is 0 Å². The first-order valence-corrected chi connectivity index (χ1v) is 6.74. The first-order valence-electron chi connectivity index (χ1n) is 5.98. The van der Waals surface area contributed by atoms with E-state index >= 15 is 0 Å². The third-order valence-corrected chi connectivity index (χ3v) is 3.41. The van der Waals surface area contributed by atoms with Gasteiger partial charge in [0.2, 0.25) is 5.95 Å². The Kier molecular flexibility index (Phi) is 3.21. The average molecular weight is 295 g/mol. The highest BCUT2D eigenvalue weighted by Crippen LogP contribution is 2.31.